The Morgan fingerprint density at radius 1 is 1.03 bits per heavy atom. The number of rotatable bonds is 5. The Morgan fingerprint density at radius 2 is 1.73 bits per heavy atom. The molecule has 3 amide bonds. The summed E-state index contributed by atoms with van der Waals surface area (Å²) in [5.74, 6) is 0.0408. The molecule has 3 aromatic rings. The summed E-state index contributed by atoms with van der Waals surface area (Å²) in [4.78, 5) is 39.9. The van der Waals surface area contributed by atoms with Crippen molar-refractivity contribution in [3.05, 3.63) is 66.4 Å². The summed E-state index contributed by atoms with van der Waals surface area (Å²) in [5.41, 5.74) is 13.8. The van der Waals surface area contributed by atoms with E-state index in [4.69, 9.17) is 11.5 Å². The molecule has 0 radical (unpaired) electrons. The van der Waals surface area contributed by atoms with Gasteiger partial charge in [-0.25, -0.2) is 9.59 Å². The van der Waals surface area contributed by atoms with Gasteiger partial charge in [0.05, 0.1) is 17.2 Å². The lowest BCUT2D eigenvalue weighted by molar-refractivity contribution is -0.123. The van der Waals surface area contributed by atoms with Crippen LogP contribution in [0.15, 0.2) is 60.8 Å². The number of aromatic nitrogens is 1. The second-order valence-corrected chi connectivity index (χ2v) is 9.15. The number of hydrogen-bond acceptors (Lipinski definition) is 4. The van der Waals surface area contributed by atoms with Crippen LogP contribution < -0.4 is 16.8 Å². The van der Waals surface area contributed by atoms with E-state index in [1.54, 1.807) is 18.2 Å². The van der Waals surface area contributed by atoms with E-state index in [1.807, 2.05) is 24.3 Å². The summed E-state index contributed by atoms with van der Waals surface area (Å²) in [6, 6.07) is 15.4. The van der Waals surface area contributed by atoms with Gasteiger partial charge in [0.1, 0.15) is 0 Å². The Labute approximate surface area is 191 Å². The number of hydrogen-bond donors (Lipinski definition) is 3. The molecule has 8 heteroatoms. The van der Waals surface area contributed by atoms with Gasteiger partial charge in [0.2, 0.25) is 0 Å². The largest absolute Gasteiger partial charge is 0.351 e. The smallest absolute Gasteiger partial charge is 0.323 e. The Morgan fingerprint density at radius 3 is 2.42 bits per heavy atom. The summed E-state index contributed by atoms with van der Waals surface area (Å²) >= 11 is 0. The second-order valence-electron chi connectivity index (χ2n) is 9.15. The number of fused-ring (bicyclic) bond motifs is 1. The molecule has 33 heavy (non-hydrogen) atoms. The third kappa shape index (κ3) is 3.87. The molecule has 170 valence electrons. The van der Waals surface area contributed by atoms with Crippen LogP contribution in [0.25, 0.3) is 10.9 Å². The average molecular weight is 446 g/mol. The van der Waals surface area contributed by atoms with Crippen molar-refractivity contribution in [3.8, 4) is 0 Å². The second kappa shape index (κ2) is 8.04. The maximum atomic E-state index is 13.4. The topological polar surface area (TPSA) is 123 Å². The highest BCUT2D eigenvalue weighted by Gasteiger charge is 2.48. The molecule has 5 N–H and O–H groups in total. The zero-order chi connectivity index (χ0) is 23.2. The fraction of sp³-hybridized carbons (Fsp3) is 0.320. The maximum absolute atomic E-state index is 13.4. The first-order valence-electron chi connectivity index (χ1n) is 11.2. The monoisotopic (exact) mass is 445 g/mol. The van der Waals surface area contributed by atoms with Gasteiger partial charge in [-0.15, -0.1) is 0 Å². The molecule has 0 spiro atoms. The maximum Gasteiger partial charge on any atom is 0.323 e. The number of urea groups is 1. The molecule has 8 nitrogen and oxygen atoms in total. The number of ketones is 1. The minimum absolute atomic E-state index is 0.0408. The molecule has 2 aliphatic rings. The Hall–Kier alpha value is -3.65. The summed E-state index contributed by atoms with van der Waals surface area (Å²) in [5, 5.41) is 3.56. The number of amides is 3. The summed E-state index contributed by atoms with van der Waals surface area (Å²) < 4.78 is 1.29. The molecule has 0 bridgehead atoms. The van der Waals surface area contributed by atoms with E-state index in [-0.39, 0.29) is 17.2 Å². The van der Waals surface area contributed by atoms with Gasteiger partial charge < -0.3 is 21.7 Å². The number of carbonyl (C=O) groups is 3. The third-order valence-corrected chi connectivity index (χ3v) is 6.91. The molecular formula is C25H27N5O3. The lowest BCUT2D eigenvalue weighted by Crippen LogP contribution is -2.44. The molecule has 2 fully saturated rings. The summed E-state index contributed by atoms with van der Waals surface area (Å²) in [6.07, 6.45) is 4.30. The molecule has 2 atom stereocenters. The van der Waals surface area contributed by atoms with E-state index in [9.17, 15) is 14.4 Å². The molecule has 2 heterocycles. The van der Waals surface area contributed by atoms with Crippen molar-refractivity contribution in [2.45, 2.75) is 43.2 Å². The average Bonchev–Trinajstić information content (AvgIpc) is 3.34. The van der Waals surface area contributed by atoms with Crippen LogP contribution in [0.5, 0.6) is 0 Å². The van der Waals surface area contributed by atoms with Crippen molar-refractivity contribution in [1.29, 1.82) is 0 Å². The minimum atomic E-state index is -0.640. The molecular weight excluding hydrogens is 418 g/mol. The van der Waals surface area contributed by atoms with Crippen molar-refractivity contribution in [3.63, 3.8) is 0 Å². The number of primary amides is 1. The van der Waals surface area contributed by atoms with Gasteiger partial charge in [0.25, 0.3) is 0 Å². The zero-order valence-electron chi connectivity index (χ0n) is 18.2. The quantitative estimate of drug-likeness (QED) is 0.558. The molecule has 1 saturated carbocycles. The number of benzene rings is 2. The van der Waals surface area contributed by atoms with E-state index in [2.05, 4.69) is 17.4 Å². The van der Waals surface area contributed by atoms with Crippen molar-refractivity contribution in [2.24, 2.45) is 11.5 Å². The molecule has 1 aliphatic carbocycles. The molecule has 2 aromatic carbocycles. The Balaban J connectivity index is 1.35. The highest BCUT2D eigenvalue weighted by molar-refractivity contribution is 6.05. The lowest BCUT2D eigenvalue weighted by atomic mass is 9.88. The van der Waals surface area contributed by atoms with E-state index < -0.39 is 18.1 Å². The van der Waals surface area contributed by atoms with Gasteiger partial charge in [-0.1, -0.05) is 48.5 Å². The number of nitrogens with one attached hydrogen (secondary N) is 1. The standard InChI is InChI=1S/C25H27N5O3/c26-17-12-21(22(31)13-25(10-11-25)16-6-2-1-3-7-16)30(14-17)24(33)28-19-15-29(23(27)32)20-9-5-4-8-18(19)20/h1-9,15,17,21H,10-14,26H2,(H2,27,32)(H,28,33)/t17-,21-/m0/s1. The normalized spacial score (nSPS) is 21.2. The van der Waals surface area contributed by atoms with E-state index in [0.29, 0.717) is 36.0 Å². The zero-order valence-corrected chi connectivity index (χ0v) is 18.2. The van der Waals surface area contributed by atoms with Crippen molar-refractivity contribution in [2.75, 3.05) is 11.9 Å². The van der Waals surface area contributed by atoms with Crippen molar-refractivity contribution >= 4 is 34.4 Å². The molecule has 1 aromatic heterocycles. The molecule has 1 saturated heterocycles. The molecule has 5 rings (SSSR count). The number of carbonyl (C=O) groups excluding carboxylic acids is 3. The van der Waals surface area contributed by atoms with Gasteiger partial charge in [-0.05, 0) is 30.9 Å². The number of nitrogens with zero attached hydrogens (tertiary/aromatic N) is 2. The Kier molecular flexibility index (Phi) is 5.17. The first kappa shape index (κ1) is 21.2. The fourth-order valence-electron chi connectivity index (χ4n) is 5.01. The first-order valence-corrected chi connectivity index (χ1v) is 11.2. The predicted molar refractivity (Wildman–Crippen MR) is 126 cm³/mol. The van der Waals surface area contributed by atoms with Gasteiger partial charge in [-0.3, -0.25) is 9.36 Å². The number of para-hydroxylation sites is 1. The first-order chi connectivity index (χ1) is 15.9. The number of Topliss-reactive ketones (excluding diaryl/α,β-unsaturated/α-hetero) is 1. The van der Waals surface area contributed by atoms with E-state index >= 15 is 0 Å². The van der Waals surface area contributed by atoms with Gasteiger partial charge in [0, 0.05) is 36.0 Å². The highest BCUT2D eigenvalue weighted by Crippen LogP contribution is 2.51. The fourth-order valence-corrected chi connectivity index (χ4v) is 5.01. The minimum Gasteiger partial charge on any atom is -0.351 e. The van der Waals surface area contributed by atoms with Crippen LogP contribution in [0.4, 0.5) is 15.3 Å². The molecule has 0 unspecified atom stereocenters. The van der Waals surface area contributed by atoms with E-state index in [1.165, 1.54) is 21.2 Å². The third-order valence-electron chi connectivity index (χ3n) is 6.91. The summed E-state index contributed by atoms with van der Waals surface area (Å²) in [6.45, 7) is 0.301. The lowest BCUT2D eigenvalue weighted by Gasteiger charge is -2.25. The van der Waals surface area contributed by atoms with Gasteiger partial charge in [-0.2, -0.15) is 0 Å². The van der Waals surface area contributed by atoms with Gasteiger partial charge >= 0.3 is 12.1 Å². The van der Waals surface area contributed by atoms with Gasteiger partial charge in [0.15, 0.2) is 5.78 Å². The van der Waals surface area contributed by atoms with Crippen LogP contribution in [-0.2, 0) is 10.2 Å². The van der Waals surface area contributed by atoms with Crippen LogP contribution >= 0.6 is 0 Å². The highest BCUT2D eigenvalue weighted by atomic mass is 16.2. The van der Waals surface area contributed by atoms with Crippen molar-refractivity contribution < 1.29 is 14.4 Å². The number of anilines is 1. The molecule has 1 aliphatic heterocycles. The van der Waals surface area contributed by atoms with E-state index in [0.717, 1.165) is 12.8 Å². The van der Waals surface area contributed by atoms with Crippen molar-refractivity contribution in [1.82, 2.24) is 9.47 Å². The SMILES string of the molecule is NC(=O)n1cc(NC(=O)N2C[C@@H](N)C[C@H]2C(=O)CC2(c3ccccc3)CC2)c2ccccc21. The Bertz CT molecular complexity index is 1230. The summed E-state index contributed by atoms with van der Waals surface area (Å²) in [7, 11) is 0. The van der Waals surface area contributed by atoms with Crippen LogP contribution in [0.2, 0.25) is 0 Å². The van der Waals surface area contributed by atoms with Crippen LogP contribution in [0.3, 0.4) is 0 Å². The van der Waals surface area contributed by atoms with Crippen LogP contribution in [0, 0.1) is 0 Å². The van der Waals surface area contributed by atoms with Crippen LogP contribution in [-0.4, -0.2) is 45.9 Å². The number of likely N-dealkylation sites (tertiary alicyclic amines) is 1. The predicted octanol–water partition coefficient (Wildman–Crippen LogP) is 3.19. The van der Waals surface area contributed by atoms with Crippen LogP contribution in [0.1, 0.15) is 31.2 Å². The number of nitrogens with two attached hydrogens (primary N) is 2.